The first-order valence-corrected chi connectivity index (χ1v) is 7.68. The molecule has 0 atom stereocenters. The zero-order chi connectivity index (χ0) is 15.7. The van der Waals surface area contributed by atoms with Crippen molar-refractivity contribution in [2.45, 2.75) is 31.8 Å². The molecule has 0 unspecified atom stereocenters. The molecule has 1 aliphatic carbocycles. The molecule has 1 amide bonds. The van der Waals surface area contributed by atoms with Crippen LogP contribution in [0.15, 0.2) is 30.5 Å². The van der Waals surface area contributed by atoms with Crippen molar-refractivity contribution in [3.8, 4) is 5.69 Å². The maximum Gasteiger partial charge on any atom is 0.254 e. The molecule has 1 fully saturated rings. The molecule has 1 aromatic heterocycles. The summed E-state index contributed by atoms with van der Waals surface area (Å²) in [7, 11) is 0. The molecule has 0 aliphatic heterocycles. The highest BCUT2D eigenvalue weighted by molar-refractivity contribution is 6.32. The average molecular weight is 320 g/mol. The fraction of sp³-hybridized carbons (Fsp3) is 0.375. The molecule has 0 bridgehead atoms. The van der Waals surface area contributed by atoms with Gasteiger partial charge in [-0.2, -0.15) is 5.10 Å². The van der Waals surface area contributed by atoms with Crippen LogP contribution in [-0.4, -0.2) is 32.9 Å². The molecule has 0 spiro atoms. The Labute approximate surface area is 133 Å². The van der Waals surface area contributed by atoms with Crippen molar-refractivity contribution in [3.05, 3.63) is 46.7 Å². The summed E-state index contributed by atoms with van der Waals surface area (Å²) in [6.07, 6.45) is 4.02. The van der Waals surface area contributed by atoms with Gasteiger partial charge in [-0.3, -0.25) is 4.79 Å². The molecule has 0 saturated heterocycles. The molecule has 22 heavy (non-hydrogen) atoms. The van der Waals surface area contributed by atoms with Gasteiger partial charge in [0.1, 0.15) is 0 Å². The van der Waals surface area contributed by atoms with Crippen molar-refractivity contribution >= 4 is 17.5 Å². The van der Waals surface area contributed by atoms with Gasteiger partial charge in [-0.15, -0.1) is 0 Å². The molecule has 0 radical (unpaired) electrons. The number of hydrogen-bond donors (Lipinski definition) is 2. The molecule has 3 rings (SSSR count). The minimum Gasteiger partial charge on any atom is -0.388 e. The van der Waals surface area contributed by atoms with E-state index in [0.717, 1.165) is 24.9 Å². The average Bonchev–Trinajstić information content (AvgIpc) is 2.85. The van der Waals surface area contributed by atoms with Gasteiger partial charge in [0, 0.05) is 6.54 Å². The Bertz CT molecular complexity index is 707. The molecule has 1 saturated carbocycles. The van der Waals surface area contributed by atoms with Gasteiger partial charge in [0.2, 0.25) is 0 Å². The molecular formula is C16H18ClN3O2. The predicted molar refractivity (Wildman–Crippen MR) is 84.4 cm³/mol. The van der Waals surface area contributed by atoms with Crippen molar-refractivity contribution in [1.29, 1.82) is 0 Å². The van der Waals surface area contributed by atoms with Crippen LogP contribution in [0.25, 0.3) is 5.69 Å². The van der Waals surface area contributed by atoms with Crippen LogP contribution in [0.1, 0.15) is 35.3 Å². The van der Waals surface area contributed by atoms with Gasteiger partial charge >= 0.3 is 0 Å². The van der Waals surface area contributed by atoms with Gasteiger partial charge in [0.15, 0.2) is 0 Å². The van der Waals surface area contributed by atoms with Crippen molar-refractivity contribution in [1.82, 2.24) is 15.1 Å². The highest BCUT2D eigenvalue weighted by Gasteiger charge is 2.34. The summed E-state index contributed by atoms with van der Waals surface area (Å²) in [5.41, 5.74) is 1.20. The van der Waals surface area contributed by atoms with Gasteiger partial charge < -0.3 is 10.4 Å². The second-order valence-electron chi connectivity index (χ2n) is 5.77. The maximum absolute atomic E-state index is 12.3. The lowest BCUT2D eigenvalue weighted by molar-refractivity contribution is -0.0300. The lowest BCUT2D eigenvalue weighted by Crippen LogP contribution is -2.47. The first kappa shape index (κ1) is 15.1. The lowest BCUT2D eigenvalue weighted by Gasteiger charge is -2.36. The maximum atomic E-state index is 12.3. The number of halogens is 1. The van der Waals surface area contributed by atoms with Gasteiger partial charge in [-0.1, -0.05) is 23.7 Å². The highest BCUT2D eigenvalue weighted by atomic mass is 35.5. The number of aliphatic hydroxyl groups is 1. The molecule has 1 aromatic carbocycles. The number of para-hydroxylation sites is 1. The van der Waals surface area contributed by atoms with E-state index in [9.17, 15) is 9.90 Å². The summed E-state index contributed by atoms with van der Waals surface area (Å²) in [6, 6.07) is 7.34. The standard InChI is InChI=1S/C16H18ClN3O2/c1-11-12(15(21)18-10-16(22)7-4-8-16)9-19-20(11)14-6-3-2-5-13(14)17/h2-3,5-6,9,22H,4,7-8,10H2,1H3,(H,18,21). The van der Waals surface area contributed by atoms with E-state index in [1.54, 1.807) is 10.7 Å². The quantitative estimate of drug-likeness (QED) is 0.909. The zero-order valence-corrected chi connectivity index (χ0v) is 13.1. The summed E-state index contributed by atoms with van der Waals surface area (Å²) in [5, 5.41) is 17.7. The minimum absolute atomic E-state index is 0.226. The number of rotatable bonds is 4. The van der Waals surface area contributed by atoms with Crippen LogP contribution in [0, 0.1) is 6.92 Å². The lowest BCUT2D eigenvalue weighted by atomic mass is 9.80. The monoisotopic (exact) mass is 319 g/mol. The summed E-state index contributed by atoms with van der Waals surface area (Å²) >= 11 is 6.17. The number of nitrogens with one attached hydrogen (secondary N) is 1. The van der Waals surface area contributed by atoms with E-state index < -0.39 is 5.60 Å². The molecule has 2 N–H and O–H groups in total. The second kappa shape index (κ2) is 5.74. The number of nitrogens with zero attached hydrogens (tertiary/aromatic N) is 2. The zero-order valence-electron chi connectivity index (χ0n) is 12.3. The Morgan fingerprint density at radius 2 is 2.18 bits per heavy atom. The predicted octanol–water partition coefficient (Wildman–Crippen LogP) is 2.48. The molecule has 116 valence electrons. The van der Waals surface area contributed by atoms with Gasteiger partial charge in [0.05, 0.1) is 33.8 Å². The van der Waals surface area contributed by atoms with Crippen LogP contribution in [0.5, 0.6) is 0 Å². The number of hydrogen-bond acceptors (Lipinski definition) is 3. The Kier molecular flexibility index (Phi) is 3.93. The second-order valence-corrected chi connectivity index (χ2v) is 6.17. The summed E-state index contributed by atoms with van der Waals surface area (Å²) < 4.78 is 1.65. The fourth-order valence-electron chi connectivity index (χ4n) is 2.60. The third-order valence-corrected chi connectivity index (χ3v) is 4.52. The van der Waals surface area contributed by atoms with Crippen LogP contribution < -0.4 is 5.32 Å². The minimum atomic E-state index is -0.734. The molecular weight excluding hydrogens is 302 g/mol. The molecule has 1 aliphatic rings. The Hall–Kier alpha value is -1.85. The number of amides is 1. The Morgan fingerprint density at radius 3 is 2.82 bits per heavy atom. The number of aromatic nitrogens is 2. The molecule has 5 nitrogen and oxygen atoms in total. The van der Waals surface area contributed by atoms with Crippen LogP contribution in [-0.2, 0) is 0 Å². The van der Waals surface area contributed by atoms with Gasteiger partial charge in [-0.25, -0.2) is 4.68 Å². The van der Waals surface area contributed by atoms with Crippen molar-refractivity contribution in [2.24, 2.45) is 0 Å². The first-order valence-electron chi connectivity index (χ1n) is 7.30. The summed E-state index contributed by atoms with van der Waals surface area (Å²) in [6.45, 7) is 2.10. The summed E-state index contributed by atoms with van der Waals surface area (Å²) in [5.74, 6) is -0.226. The largest absolute Gasteiger partial charge is 0.388 e. The van der Waals surface area contributed by atoms with Gasteiger partial charge in [-0.05, 0) is 38.3 Å². The van der Waals surface area contributed by atoms with E-state index in [-0.39, 0.29) is 12.5 Å². The fourth-order valence-corrected chi connectivity index (χ4v) is 2.82. The number of carbonyl (C=O) groups excluding carboxylic acids is 1. The van der Waals surface area contributed by atoms with Crippen LogP contribution in [0.3, 0.4) is 0 Å². The number of carbonyl (C=O) groups is 1. The number of benzene rings is 1. The Balaban J connectivity index is 1.78. The van der Waals surface area contributed by atoms with Crippen LogP contribution >= 0.6 is 11.6 Å². The van der Waals surface area contributed by atoms with Crippen molar-refractivity contribution in [2.75, 3.05) is 6.54 Å². The first-order chi connectivity index (χ1) is 10.5. The van der Waals surface area contributed by atoms with E-state index in [1.807, 2.05) is 25.1 Å². The molecule has 1 heterocycles. The van der Waals surface area contributed by atoms with Crippen molar-refractivity contribution in [3.63, 3.8) is 0 Å². The van der Waals surface area contributed by atoms with E-state index in [4.69, 9.17) is 11.6 Å². The third-order valence-electron chi connectivity index (χ3n) is 4.20. The SMILES string of the molecule is Cc1c(C(=O)NCC2(O)CCC2)cnn1-c1ccccc1Cl. The summed E-state index contributed by atoms with van der Waals surface area (Å²) in [4.78, 5) is 12.3. The Morgan fingerprint density at radius 1 is 1.45 bits per heavy atom. The highest BCUT2D eigenvalue weighted by Crippen LogP contribution is 2.30. The van der Waals surface area contributed by atoms with Crippen molar-refractivity contribution < 1.29 is 9.90 Å². The third kappa shape index (κ3) is 2.74. The van der Waals surface area contributed by atoms with E-state index >= 15 is 0 Å². The molecule has 2 aromatic rings. The normalized spacial score (nSPS) is 16.1. The van der Waals surface area contributed by atoms with E-state index in [1.165, 1.54) is 6.20 Å². The smallest absolute Gasteiger partial charge is 0.254 e. The van der Waals surface area contributed by atoms with Crippen LogP contribution in [0.2, 0.25) is 5.02 Å². The topological polar surface area (TPSA) is 67.2 Å². The van der Waals surface area contributed by atoms with E-state index in [0.29, 0.717) is 16.3 Å². The van der Waals surface area contributed by atoms with E-state index in [2.05, 4.69) is 10.4 Å². The van der Waals surface area contributed by atoms with Gasteiger partial charge in [0.25, 0.3) is 5.91 Å². The van der Waals surface area contributed by atoms with Crippen LogP contribution in [0.4, 0.5) is 0 Å². The molecule has 6 heteroatoms.